The van der Waals surface area contributed by atoms with E-state index in [-0.39, 0.29) is 72.0 Å². The maximum Gasteiger partial charge on any atom is 0.254 e. The smallest absolute Gasteiger partial charge is 0.254 e. The molecule has 8 aromatic rings. The highest BCUT2D eigenvalue weighted by Gasteiger charge is 2.58. The van der Waals surface area contributed by atoms with Gasteiger partial charge in [-0.3, -0.25) is 4.79 Å². The zero-order valence-electron chi connectivity index (χ0n) is 53.7. The third kappa shape index (κ3) is 20.3. The molecule has 3 aliphatic heterocycles. The van der Waals surface area contributed by atoms with Crippen molar-refractivity contribution < 1.29 is 71.1 Å². The molecular formula is C78H87NO15. The summed E-state index contributed by atoms with van der Waals surface area (Å²) >= 11 is 0. The number of hydrogen-bond acceptors (Lipinski definition) is 15. The van der Waals surface area contributed by atoms with Gasteiger partial charge in [0.15, 0.2) is 18.4 Å². The fraction of sp³-hybridized carbons (Fsp3) is 0.372. The molecule has 8 aromatic carbocycles. The molecule has 0 spiro atoms. The van der Waals surface area contributed by atoms with Gasteiger partial charge in [-0.2, -0.15) is 0 Å². The lowest BCUT2D eigenvalue weighted by molar-refractivity contribution is -0.368. The summed E-state index contributed by atoms with van der Waals surface area (Å²) in [4.78, 5) is 16.2. The first kappa shape index (κ1) is 68.1. The quantitative estimate of drug-likeness (QED) is 0.0343. The van der Waals surface area contributed by atoms with E-state index in [1.54, 1.807) is 0 Å². The summed E-state index contributed by atoms with van der Waals surface area (Å²) in [6.07, 6.45) is -8.25. The van der Waals surface area contributed by atoms with Crippen LogP contribution in [0, 0.1) is 0 Å². The molecule has 10 atom stereocenters. The van der Waals surface area contributed by atoms with Gasteiger partial charge in [-0.05, 0) is 64.4 Å². The van der Waals surface area contributed by atoms with Crippen LogP contribution in [0.3, 0.4) is 0 Å². The lowest BCUT2D eigenvalue weighted by Gasteiger charge is -2.49. The van der Waals surface area contributed by atoms with Crippen molar-refractivity contribution in [2.75, 3.05) is 52.8 Å². The van der Waals surface area contributed by atoms with Gasteiger partial charge >= 0.3 is 0 Å². The van der Waals surface area contributed by atoms with Gasteiger partial charge in [0.05, 0.1) is 92.5 Å². The summed E-state index contributed by atoms with van der Waals surface area (Å²) in [6.45, 7) is 7.99. The summed E-state index contributed by atoms with van der Waals surface area (Å²) < 4.78 is 94.5. The Morgan fingerprint density at radius 3 is 1.33 bits per heavy atom. The zero-order valence-corrected chi connectivity index (χ0v) is 53.7. The Hall–Kier alpha value is -7.33. The topological polar surface area (TPSA) is 150 Å². The maximum atomic E-state index is 14.4. The van der Waals surface area contributed by atoms with E-state index in [2.05, 4.69) is 0 Å². The third-order valence-electron chi connectivity index (χ3n) is 16.5. The van der Waals surface area contributed by atoms with Gasteiger partial charge in [-0.25, -0.2) is 0 Å². The molecule has 16 heteroatoms. The van der Waals surface area contributed by atoms with Gasteiger partial charge < -0.3 is 71.2 Å². The molecule has 0 N–H and O–H groups in total. The van der Waals surface area contributed by atoms with Gasteiger partial charge in [0, 0.05) is 18.7 Å². The van der Waals surface area contributed by atoms with Gasteiger partial charge in [0.25, 0.3) is 5.91 Å². The van der Waals surface area contributed by atoms with Gasteiger partial charge in [-0.1, -0.05) is 231 Å². The zero-order chi connectivity index (χ0) is 64.4. The Kier molecular flexibility index (Phi) is 26.0. The van der Waals surface area contributed by atoms with E-state index in [4.69, 9.17) is 66.3 Å². The molecule has 0 aliphatic carbocycles. The van der Waals surface area contributed by atoms with E-state index < -0.39 is 67.2 Å². The number of nitrogens with zero attached hydrogens (tertiary/aromatic N) is 1. The van der Waals surface area contributed by atoms with E-state index in [1.807, 2.05) is 255 Å². The highest BCUT2D eigenvalue weighted by molar-refractivity contribution is 5.95. The maximum absolute atomic E-state index is 14.4. The second kappa shape index (κ2) is 36.0. The second-order valence-electron chi connectivity index (χ2n) is 24.0. The van der Waals surface area contributed by atoms with Gasteiger partial charge in [0.2, 0.25) is 0 Å². The SMILES string of the molecule is CC1(C)O[C@H]2[C@@H](O1)[C@@H](COCc1ccccc1)O[C@@H](O[C@H]1[C@H](OCc3ccccc3)[C@@H](OCc3ccccc3)[C@H](OCCOCCOCCN(Cc3ccccc3)C(=O)c3ccccc3COCc3ccccc3)O[C@@H]1COCc1ccccc1)[C@@H]2OCc1ccccc1. The number of amides is 1. The fourth-order valence-corrected chi connectivity index (χ4v) is 11.8. The normalized spacial score (nSPS) is 22.4. The van der Waals surface area contributed by atoms with Crippen LogP contribution in [-0.4, -0.2) is 131 Å². The Labute approximate surface area is 552 Å². The predicted molar refractivity (Wildman–Crippen MR) is 353 cm³/mol. The summed E-state index contributed by atoms with van der Waals surface area (Å²) in [5.41, 5.74) is 8.34. The Balaban J connectivity index is 0.804. The van der Waals surface area contributed by atoms with Crippen LogP contribution in [0.1, 0.15) is 68.7 Å². The molecule has 0 bridgehead atoms. The lowest BCUT2D eigenvalue weighted by Crippen LogP contribution is -2.65. The predicted octanol–water partition coefficient (Wildman–Crippen LogP) is 12.6. The Morgan fingerprint density at radius 2 is 0.787 bits per heavy atom. The molecule has 0 saturated carbocycles. The first-order chi connectivity index (χ1) is 46.3. The average molecular weight is 1280 g/mol. The molecule has 0 aromatic heterocycles. The van der Waals surface area contributed by atoms with Crippen LogP contribution in [0.25, 0.3) is 0 Å². The number of fused-ring (bicyclic) bond motifs is 1. The molecule has 0 unspecified atom stereocenters. The first-order valence-corrected chi connectivity index (χ1v) is 32.6. The molecule has 3 saturated heterocycles. The molecule has 3 aliphatic rings. The van der Waals surface area contributed by atoms with Crippen molar-refractivity contribution in [3.63, 3.8) is 0 Å². The van der Waals surface area contributed by atoms with E-state index in [0.717, 1.165) is 44.5 Å². The van der Waals surface area contributed by atoms with E-state index >= 15 is 0 Å². The van der Waals surface area contributed by atoms with Crippen molar-refractivity contribution in [1.29, 1.82) is 0 Å². The van der Waals surface area contributed by atoms with Crippen LogP contribution in [-0.2, 0) is 119 Å². The molecule has 1 amide bonds. The summed E-state index contributed by atoms with van der Waals surface area (Å²) in [6, 6.07) is 77.5. The summed E-state index contributed by atoms with van der Waals surface area (Å²) in [5, 5.41) is 0. The number of benzene rings is 8. The van der Waals surface area contributed by atoms with Crippen molar-refractivity contribution >= 4 is 5.91 Å². The number of rotatable bonds is 36. The largest absolute Gasteiger partial charge is 0.377 e. The highest BCUT2D eigenvalue weighted by atomic mass is 16.8. The van der Waals surface area contributed by atoms with Crippen LogP contribution in [0.2, 0.25) is 0 Å². The Morgan fingerprint density at radius 1 is 0.372 bits per heavy atom. The van der Waals surface area contributed by atoms with Crippen molar-refractivity contribution in [2.24, 2.45) is 0 Å². The van der Waals surface area contributed by atoms with Crippen LogP contribution in [0.4, 0.5) is 0 Å². The standard InChI is InChI=1S/C78H87NO15/c1-78(2)93-70-68(57-85-51-61-32-16-6-17-33-61)91-77(74(72(70)94-78)89-54-64-38-22-9-23-39-64)92-69-67(56-84-50-60-30-14-5-15-31-60)90-76(73(88-53-63-36-20-8-21-37-63)71(69)87-52-62-34-18-7-19-35-62)86-47-46-82-45-44-81-43-42-79(48-58-26-10-3-11-27-58)75(80)66-41-25-24-40-65(66)55-83-49-59-28-12-4-13-29-59/h3-41,67-74,76-77H,42-57H2,1-2H3/t67-,68-,69-,70+,71+,72+,73-,74-,76-,77+/m1/s1. The number of carbonyl (C=O) groups excluding carboxylic acids is 1. The van der Waals surface area contributed by atoms with Crippen molar-refractivity contribution in [3.8, 4) is 0 Å². The molecule has 94 heavy (non-hydrogen) atoms. The summed E-state index contributed by atoms with van der Waals surface area (Å²) in [5.74, 6) is -1.09. The first-order valence-electron chi connectivity index (χ1n) is 32.6. The van der Waals surface area contributed by atoms with Crippen molar-refractivity contribution in [1.82, 2.24) is 4.90 Å². The van der Waals surface area contributed by atoms with E-state index in [1.165, 1.54) is 0 Å². The average Bonchev–Trinajstić information content (AvgIpc) is 1.48. The Bertz CT molecular complexity index is 3410. The third-order valence-corrected chi connectivity index (χ3v) is 16.5. The van der Waals surface area contributed by atoms with Crippen LogP contribution in [0.15, 0.2) is 237 Å². The molecule has 16 nitrogen and oxygen atoms in total. The number of ether oxygens (including phenoxy) is 14. The molecule has 494 valence electrons. The summed E-state index contributed by atoms with van der Waals surface area (Å²) in [7, 11) is 0. The molecule has 3 fully saturated rings. The van der Waals surface area contributed by atoms with Gasteiger partial charge in [-0.15, -0.1) is 0 Å². The minimum absolute atomic E-state index is 0.0679. The van der Waals surface area contributed by atoms with Crippen molar-refractivity contribution in [3.05, 3.63) is 287 Å². The minimum atomic E-state index is -1.08. The number of hydrogen-bond donors (Lipinski definition) is 0. The van der Waals surface area contributed by atoms with Crippen LogP contribution in [0.5, 0.6) is 0 Å². The molecule has 0 radical (unpaired) electrons. The van der Waals surface area contributed by atoms with Gasteiger partial charge in [0.1, 0.15) is 48.8 Å². The van der Waals surface area contributed by atoms with E-state index in [0.29, 0.717) is 45.1 Å². The minimum Gasteiger partial charge on any atom is -0.377 e. The van der Waals surface area contributed by atoms with Crippen LogP contribution < -0.4 is 0 Å². The monoisotopic (exact) mass is 1280 g/mol. The lowest BCUT2D eigenvalue weighted by atomic mass is 9.96. The highest BCUT2D eigenvalue weighted by Crippen LogP contribution is 2.42. The van der Waals surface area contributed by atoms with E-state index in [9.17, 15) is 4.79 Å². The van der Waals surface area contributed by atoms with Crippen molar-refractivity contribution in [2.45, 2.75) is 134 Å². The molecule has 11 rings (SSSR count). The second-order valence-corrected chi connectivity index (χ2v) is 24.0. The van der Waals surface area contributed by atoms with Crippen LogP contribution >= 0.6 is 0 Å². The number of carbonyl (C=O) groups is 1. The molecular weight excluding hydrogens is 1190 g/mol. The molecule has 3 heterocycles. The fourth-order valence-electron chi connectivity index (χ4n) is 11.8.